The SMILES string of the molecule is OCC1O[C@@H](OC2C[C@H](O)OC=C2O[C@H]2CC(O)[C@H](O)CO2)CC(O)[C@@H]1O. The van der Waals surface area contributed by atoms with Crippen LogP contribution in [0.25, 0.3) is 0 Å². The van der Waals surface area contributed by atoms with Crippen LogP contribution in [0.15, 0.2) is 12.0 Å². The van der Waals surface area contributed by atoms with Crippen molar-refractivity contribution in [2.24, 2.45) is 0 Å². The van der Waals surface area contributed by atoms with Crippen LogP contribution in [0, 0.1) is 0 Å². The zero-order valence-corrected chi connectivity index (χ0v) is 14.5. The zero-order chi connectivity index (χ0) is 19.6. The Morgan fingerprint density at radius 2 is 1.70 bits per heavy atom. The molecule has 11 heteroatoms. The van der Waals surface area contributed by atoms with Crippen LogP contribution in [0.1, 0.15) is 19.3 Å². The average Bonchev–Trinajstić information content (AvgIpc) is 2.63. The Bertz CT molecular complexity index is 515. The van der Waals surface area contributed by atoms with E-state index in [1.54, 1.807) is 0 Å². The monoisotopic (exact) mass is 394 g/mol. The van der Waals surface area contributed by atoms with Crippen molar-refractivity contribution in [1.82, 2.24) is 0 Å². The minimum Gasteiger partial charge on any atom is -0.469 e. The fourth-order valence-corrected chi connectivity index (χ4v) is 3.11. The zero-order valence-electron chi connectivity index (χ0n) is 14.5. The second-order valence-electron chi connectivity index (χ2n) is 6.80. The molecule has 11 nitrogen and oxygen atoms in total. The average molecular weight is 394 g/mol. The van der Waals surface area contributed by atoms with Crippen molar-refractivity contribution in [3.63, 3.8) is 0 Å². The molecule has 2 fully saturated rings. The molecule has 3 rings (SSSR count). The number of aliphatic hydroxyl groups excluding tert-OH is 6. The van der Waals surface area contributed by atoms with Crippen LogP contribution >= 0.6 is 0 Å². The molecule has 0 amide bonds. The fourth-order valence-electron chi connectivity index (χ4n) is 3.11. The highest BCUT2D eigenvalue weighted by Gasteiger charge is 2.40. The summed E-state index contributed by atoms with van der Waals surface area (Å²) in [6.45, 7) is -0.591. The first-order valence-electron chi connectivity index (χ1n) is 8.83. The Labute approximate surface area is 155 Å². The van der Waals surface area contributed by atoms with Crippen molar-refractivity contribution in [3.05, 3.63) is 12.0 Å². The van der Waals surface area contributed by atoms with E-state index >= 15 is 0 Å². The normalized spacial score (nSPS) is 45.7. The Kier molecular flexibility index (Phi) is 6.89. The molecule has 0 aromatic rings. The minimum atomic E-state index is -1.23. The number of ether oxygens (including phenoxy) is 5. The predicted octanol–water partition coefficient (Wildman–Crippen LogP) is -2.73. The first kappa shape index (κ1) is 20.7. The maximum atomic E-state index is 9.90. The van der Waals surface area contributed by atoms with Crippen molar-refractivity contribution in [3.8, 4) is 0 Å². The van der Waals surface area contributed by atoms with E-state index in [9.17, 15) is 30.6 Å². The van der Waals surface area contributed by atoms with E-state index < -0.39 is 62.1 Å². The molecular weight excluding hydrogens is 368 g/mol. The highest BCUT2D eigenvalue weighted by atomic mass is 16.7. The molecule has 0 aliphatic carbocycles. The van der Waals surface area contributed by atoms with Gasteiger partial charge in [0.15, 0.2) is 18.3 Å². The molecule has 3 aliphatic rings. The number of hydrogen-bond donors (Lipinski definition) is 6. The first-order chi connectivity index (χ1) is 12.9. The van der Waals surface area contributed by atoms with Gasteiger partial charge in [0, 0.05) is 19.3 Å². The first-order valence-corrected chi connectivity index (χ1v) is 8.83. The van der Waals surface area contributed by atoms with Crippen LogP contribution in [-0.2, 0) is 23.7 Å². The molecule has 0 saturated carbocycles. The van der Waals surface area contributed by atoms with Gasteiger partial charge in [0.1, 0.15) is 30.7 Å². The molecule has 0 bridgehead atoms. The molecule has 2 saturated heterocycles. The standard InChI is InChI=1S/C16H26O11/c17-4-11-16(22)8(19)2-15(26-11)25-10-3-13(21)23-6-12(10)27-14-1-7(18)9(20)5-24-14/h6-11,13-22H,1-5H2/t7?,8?,9-,10?,11?,13-,14+,15-,16+/m1/s1. The maximum Gasteiger partial charge on any atom is 0.202 e. The quantitative estimate of drug-likeness (QED) is 0.286. The highest BCUT2D eigenvalue weighted by Crippen LogP contribution is 2.30. The van der Waals surface area contributed by atoms with E-state index in [0.29, 0.717) is 0 Å². The lowest BCUT2D eigenvalue weighted by atomic mass is 10.0. The molecule has 9 atom stereocenters. The van der Waals surface area contributed by atoms with Crippen LogP contribution in [0.4, 0.5) is 0 Å². The summed E-state index contributed by atoms with van der Waals surface area (Å²) in [5, 5.41) is 57.9. The topological polar surface area (TPSA) is 168 Å². The van der Waals surface area contributed by atoms with E-state index in [0.717, 1.165) is 6.26 Å². The third-order valence-electron chi connectivity index (χ3n) is 4.70. The molecule has 4 unspecified atom stereocenters. The summed E-state index contributed by atoms with van der Waals surface area (Å²) in [5.41, 5.74) is 0. The van der Waals surface area contributed by atoms with Crippen LogP contribution in [0.2, 0.25) is 0 Å². The number of hydrogen-bond acceptors (Lipinski definition) is 11. The summed E-state index contributed by atoms with van der Waals surface area (Å²) in [4.78, 5) is 0. The van der Waals surface area contributed by atoms with Crippen molar-refractivity contribution >= 4 is 0 Å². The Balaban J connectivity index is 1.62. The number of rotatable bonds is 5. The Hall–Kier alpha value is -1.02. The molecule has 0 spiro atoms. The van der Waals surface area contributed by atoms with Gasteiger partial charge in [-0.25, -0.2) is 0 Å². The van der Waals surface area contributed by atoms with Crippen LogP contribution in [0.5, 0.6) is 0 Å². The van der Waals surface area contributed by atoms with Crippen molar-refractivity contribution in [1.29, 1.82) is 0 Å². The van der Waals surface area contributed by atoms with Crippen LogP contribution in [-0.4, -0.2) is 99.3 Å². The largest absolute Gasteiger partial charge is 0.469 e. The van der Waals surface area contributed by atoms with Gasteiger partial charge >= 0.3 is 0 Å². The van der Waals surface area contributed by atoms with Gasteiger partial charge in [0.2, 0.25) is 6.29 Å². The molecular formula is C16H26O11. The molecule has 3 heterocycles. The lowest BCUT2D eigenvalue weighted by Crippen LogP contribution is -2.51. The minimum absolute atomic E-state index is 0.00598. The molecule has 156 valence electrons. The van der Waals surface area contributed by atoms with Gasteiger partial charge in [-0.2, -0.15) is 0 Å². The summed E-state index contributed by atoms with van der Waals surface area (Å²) in [5.74, 6) is 0.179. The fraction of sp³-hybridized carbons (Fsp3) is 0.875. The second kappa shape index (κ2) is 8.99. The predicted molar refractivity (Wildman–Crippen MR) is 84.5 cm³/mol. The smallest absolute Gasteiger partial charge is 0.202 e. The third-order valence-corrected chi connectivity index (χ3v) is 4.70. The molecule has 0 radical (unpaired) electrons. The third kappa shape index (κ3) is 5.08. The van der Waals surface area contributed by atoms with Gasteiger partial charge in [0.25, 0.3) is 0 Å². The molecule has 0 aromatic heterocycles. The highest BCUT2D eigenvalue weighted by molar-refractivity contribution is 5.02. The van der Waals surface area contributed by atoms with Crippen LogP contribution in [0.3, 0.4) is 0 Å². The van der Waals surface area contributed by atoms with Gasteiger partial charge < -0.3 is 54.3 Å². The van der Waals surface area contributed by atoms with E-state index in [2.05, 4.69) is 0 Å². The van der Waals surface area contributed by atoms with E-state index in [1.165, 1.54) is 0 Å². The van der Waals surface area contributed by atoms with Gasteiger partial charge in [0.05, 0.1) is 25.4 Å². The second-order valence-corrected chi connectivity index (χ2v) is 6.80. The molecule has 27 heavy (non-hydrogen) atoms. The summed E-state index contributed by atoms with van der Waals surface area (Å²) >= 11 is 0. The molecule has 3 aliphatic heterocycles. The van der Waals surface area contributed by atoms with Gasteiger partial charge in [-0.15, -0.1) is 0 Å². The van der Waals surface area contributed by atoms with Crippen molar-refractivity contribution < 1.29 is 54.3 Å². The lowest BCUT2D eigenvalue weighted by Gasteiger charge is -2.39. The summed E-state index contributed by atoms with van der Waals surface area (Å²) < 4.78 is 27.2. The van der Waals surface area contributed by atoms with E-state index in [4.69, 9.17) is 23.7 Å². The molecule has 6 N–H and O–H groups in total. The van der Waals surface area contributed by atoms with E-state index in [1.807, 2.05) is 0 Å². The summed E-state index contributed by atoms with van der Waals surface area (Å²) in [6.07, 6.45) is -7.96. The van der Waals surface area contributed by atoms with Gasteiger partial charge in [-0.3, -0.25) is 0 Å². The lowest BCUT2D eigenvalue weighted by molar-refractivity contribution is -0.281. The van der Waals surface area contributed by atoms with Gasteiger partial charge in [-0.05, 0) is 0 Å². The molecule has 0 aromatic carbocycles. The van der Waals surface area contributed by atoms with Crippen molar-refractivity contribution in [2.45, 2.75) is 74.8 Å². The Morgan fingerprint density at radius 1 is 0.963 bits per heavy atom. The maximum absolute atomic E-state index is 9.90. The van der Waals surface area contributed by atoms with Gasteiger partial charge in [-0.1, -0.05) is 0 Å². The van der Waals surface area contributed by atoms with Crippen LogP contribution < -0.4 is 0 Å². The Morgan fingerprint density at radius 3 is 2.41 bits per heavy atom. The summed E-state index contributed by atoms with van der Waals surface area (Å²) in [7, 11) is 0. The summed E-state index contributed by atoms with van der Waals surface area (Å²) in [6, 6.07) is 0. The van der Waals surface area contributed by atoms with Crippen molar-refractivity contribution in [2.75, 3.05) is 13.2 Å². The number of aliphatic hydroxyl groups is 6. The van der Waals surface area contributed by atoms with E-state index in [-0.39, 0.29) is 31.6 Å².